The van der Waals surface area contributed by atoms with Gasteiger partial charge in [-0.1, -0.05) is 50.2 Å². The maximum Gasteiger partial charge on any atom is 0.307 e. The molecule has 0 saturated heterocycles. The number of benzene rings is 3. The number of aromatic nitrogens is 1. The van der Waals surface area contributed by atoms with E-state index in [1.807, 2.05) is 56.3 Å². The summed E-state index contributed by atoms with van der Waals surface area (Å²) in [7, 11) is 0. The summed E-state index contributed by atoms with van der Waals surface area (Å²) in [4.78, 5) is 15.5. The van der Waals surface area contributed by atoms with Crippen LogP contribution in [0.5, 0.6) is 5.75 Å². The minimum atomic E-state index is -0.914. The molecule has 7 heteroatoms. The minimum absolute atomic E-state index is 0.111. The predicted molar refractivity (Wildman–Crippen MR) is 127 cm³/mol. The van der Waals surface area contributed by atoms with Crippen molar-refractivity contribution in [1.29, 1.82) is 0 Å². The van der Waals surface area contributed by atoms with E-state index in [4.69, 9.17) is 20.0 Å². The first-order valence-electron chi connectivity index (χ1n) is 10.8. The maximum atomic E-state index is 11.1. The average molecular weight is 449 g/mol. The first-order valence-corrected chi connectivity index (χ1v) is 10.8. The van der Waals surface area contributed by atoms with Crippen LogP contribution in [0.3, 0.4) is 0 Å². The summed E-state index contributed by atoms with van der Waals surface area (Å²) < 4.78 is 11.5. The van der Waals surface area contributed by atoms with E-state index in [9.17, 15) is 9.90 Å². The van der Waals surface area contributed by atoms with E-state index in [1.54, 1.807) is 18.2 Å². The third-order valence-electron chi connectivity index (χ3n) is 5.03. The highest BCUT2D eigenvalue weighted by Gasteiger charge is 2.14. The van der Waals surface area contributed by atoms with Crippen LogP contribution < -0.4 is 10.5 Å². The summed E-state index contributed by atoms with van der Waals surface area (Å²) in [6.45, 7) is 4.09. The van der Waals surface area contributed by atoms with Crippen molar-refractivity contribution in [2.75, 3.05) is 6.61 Å². The number of ether oxygens (including phenoxy) is 1. The van der Waals surface area contributed by atoms with E-state index in [1.165, 1.54) is 6.39 Å². The molecule has 0 aliphatic rings. The van der Waals surface area contributed by atoms with E-state index in [0.717, 1.165) is 22.3 Å². The van der Waals surface area contributed by atoms with Gasteiger partial charge in [0.1, 0.15) is 17.9 Å². The van der Waals surface area contributed by atoms with Crippen LogP contribution in [0.2, 0.25) is 0 Å². The molecule has 0 bridgehead atoms. The van der Waals surface area contributed by atoms with Crippen LogP contribution in [-0.2, 0) is 17.8 Å². The number of fused-ring (bicyclic) bond motifs is 1. The molecule has 1 unspecified atom stereocenters. The zero-order valence-electron chi connectivity index (χ0n) is 18.7. The molecule has 0 saturated carbocycles. The lowest BCUT2D eigenvalue weighted by molar-refractivity contribution is -0.136. The van der Waals surface area contributed by atoms with Crippen LogP contribution in [0, 0.1) is 0 Å². The zero-order valence-corrected chi connectivity index (χ0v) is 18.7. The lowest BCUT2D eigenvalue weighted by atomic mass is 9.97. The lowest BCUT2D eigenvalue weighted by Crippen LogP contribution is -2.14. The SMILES string of the molecule is CC.NC(CO)c1cccc(-c2cc(COc3ccccc3CC(=O)O)cc3ocnc23)c1. The van der Waals surface area contributed by atoms with E-state index in [-0.39, 0.29) is 19.6 Å². The molecule has 0 amide bonds. The topological polar surface area (TPSA) is 119 Å². The number of nitrogens with two attached hydrogens (primary N) is 1. The van der Waals surface area contributed by atoms with Crippen molar-refractivity contribution >= 4 is 17.1 Å². The summed E-state index contributed by atoms with van der Waals surface area (Å²) in [5.74, 6) is -0.387. The van der Waals surface area contributed by atoms with Gasteiger partial charge in [0.2, 0.25) is 0 Å². The van der Waals surface area contributed by atoms with E-state index in [2.05, 4.69) is 4.98 Å². The Morgan fingerprint density at radius 3 is 2.67 bits per heavy atom. The van der Waals surface area contributed by atoms with Crippen molar-refractivity contribution in [3.63, 3.8) is 0 Å². The average Bonchev–Trinajstić information content (AvgIpc) is 3.32. The number of oxazole rings is 1. The van der Waals surface area contributed by atoms with Crippen molar-refractivity contribution in [3.05, 3.63) is 83.7 Å². The number of aliphatic carboxylic acids is 1. The van der Waals surface area contributed by atoms with Gasteiger partial charge in [-0.05, 0) is 41.0 Å². The summed E-state index contributed by atoms with van der Waals surface area (Å²) in [5, 5.41) is 18.5. The molecule has 0 spiro atoms. The van der Waals surface area contributed by atoms with Crippen LogP contribution >= 0.6 is 0 Å². The van der Waals surface area contributed by atoms with Crippen molar-refractivity contribution in [2.45, 2.75) is 32.9 Å². The van der Waals surface area contributed by atoms with Gasteiger partial charge in [-0.15, -0.1) is 0 Å². The second-order valence-electron chi connectivity index (χ2n) is 7.22. The van der Waals surface area contributed by atoms with Crippen molar-refractivity contribution in [2.24, 2.45) is 5.73 Å². The van der Waals surface area contributed by atoms with Crippen molar-refractivity contribution in [1.82, 2.24) is 4.98 Å². The number of nitrogens with zero attached hydrogens (tertiary/aromatic N) is 1. The summed E-state index contributed by atoms with van der Waals surface area (Å²) in [5.41, 5.74) is 11.3. The number of carbonyl (C=O) groups is 1. The molecular weight excluding hydrogens is 420 g/mol. The Kier molecular flexibility index (Phi) is 8.18. The first kappa shape index (κ1) is 24.0. The zero-order chi connectivity index (χ0) is 23.8. The van der Waals surface area contributed by atoms with Gasteiger partial charge in [0.05, 0.1) is 19.1 Å². The number of para-hydroxylation sites is 1. The predicted octanol–water partition coefficient (Wildman–Crippen LogP) is 4.72. The molecule has 1 aromatic heterocycles. The third kappa shape index (κ3) is 5.77. The Morgan fingerprint density at radius 1 is 1.12 bits per heavy atom. The number of aliphatic hydroxyl groups is 1. The Bertz CT molecular complexity index is 1220. The highest BCUT2D eigenvalue weighted by molar-refractivity contribution is 5.91. The fourth-order valence-electron chi connectivity index (χ4n) is 3.48. The smallest absolute Gasteiger partial charge is 0.307 e. The van der Waals surface area contributed by atoms with Crippen LogP contribution in [0.25, 0.3) is 22.2 Å². The Balaban J connectivity index is 0.00000149. The summed E-state index contributed by atoms with van der Waals surface area (Å²) in [6.07, 6.45) is 1.28. The van der Waals surface area contributed by atoms with Gasteiger partial charge >= 0.3 is 5.97 Å². The van der Waals surface area contributed by atoms with Gasteiger partial charge in [-0.2, -0.15) is 0 Å². The van der Waals surface area contributed by atoms with Gasteiger partial charge in [-0.3, -0.25) is 4.79 Å². The van der Waals surface area contributed by atoms with Crippen LogP contribution in [0.4, 0.5) is 0 Å². The van der Waals surface area contributed by atoms with Gasteiger partial charge in [-0.25, -0.2) is 4.98 Å². The van der Waals surface area contributed by atoms with Gasteiger partial charge in [0.15, 0.2) is 12.0 Å². The number of carboxylic acid groups (broad SMARTS) is 1. The molecule has 0 aliphatic heterocycles. The molecule has 33 heavy (non-hydrogen) atoms. The van der Waals surface area contributed by atoms with Crippen LogP contribution in [0.15, 0.2) is 71.5 Å². The van der Waals surface area contributed by atoms with Gasteiger partial charge in [0.25, 0.3) is 0 Å². The Labute approximate surface area is 192 Å². The quantitative estimate of drug-likeness (QED) is 0.357. The molecule has 0 radical (unpaired) electrons. The molecule has 3 aromatic carbocycles. The normalized spacial score (nSPS) is 11.5. The molecule has 172 valence electrons. The number of aliphatic hydroxyl groups excluding tert-OH is 1. The van der Waals surface area contributed by atoms with E-state index >= 15 is 0 Å². The van der Waals surface area contributed by atoms with Gasteiger partial charge in [0, 0.05) is 11.1 Å². The third-order valence-corrected chi connectivity index (χ3v) is 5.03. The van der Waals surface area contributed by atoms with Crippen molar-refractivity contribution < 1.29 is 24.2 Å². The second-order valence-corrected chi connectivity index (χ2v) is 7.22. The Morgan fingerprint density at radius 2 is 1.91 bits per heavy atom. The molecule has 1 heterocycles. The van der Waals surface area contributed by atoms with Gasteiger partial charge < -0.3 is 25.1 Å². The minimum Gasteiger partial charge on any atom is -0.489 e. The number of hydrogen-bond acceptors (Lipinski definition) is 6. The van der Waals surface area contributed by atoms with E-state index in [0.29, 0.717) is 22.4 Å². The fraction of sp³-hybridized carbons (Fsp3) is 0.231. The molecule has 1 atom stereocenters. The highest BCUT2D eigenvalue weighted by atomic mass is 16.5. The molecule has 4 aromatic rings. The largest absolute Gasteiger partial charge is 0.489 e. The first-order chi connectivity index (χ1) is 16.0. The number of carboxylic acids is 1. The molecule has 0 fully saturated rings. The summed E-state index contributed by atoms with van der Waals surface area (Å²) >= 11 is 0. The number of rotatable bonds is 8. The number of hydrogen-bond donors (Lipinski definition) is 3. The molecule has 4 rings (SSSR count). The lowest BCUT2D eigenvalue weighted by Gasteiger charge is -2.13. The molecular formula is C26H28N2O5. The second kappa shape index (κ2) is 11.3. The molecule has 0 aliphatic carbocycles. The maximum absolute atomic E-state index is 11.1. The fourth-order valence-corrected chi connectivity index (χ4v) is 3.48. The monoisotopic (exact) mass is 448 g/mol. The standard InChI is InChI=1S/C24H22N2O5.C2H6/c25-20(12-27)17-6-3-5-16(10-17)19-8-15(9-22-24(19)26-14-31-22)13-30-21-7-2-1-4-18(21)11-23(28)29;1-2/h1-10,14,20,27H,11-13,25H2,(H,28,29);1-2H3. The Hall–Kier alpha value is -3.68. The molecule has 7 nitrogen and oxygen atoms in total. The van der Waals surface area contributed by atoms with Crippen molar-refractivity contribution in [3.8, 4) is 16.9 Å². The van der Waals surface area contributed by atoms with Crippen LogP contribution in [-0.4, -0.2) is 27.8 Å². The van der Waals surface area contributed by atoms with Crippen LogP contribution in [0.1, 0.15) is 36.6 Å². The summed E-state index contributed by atoms with van der Waals surface area (Å²) in [6, 6.07) is 18.1. The highest BCUT2D eigenvalue weighted by Crippen LogP contribution is 2.31. The van der Waals surface area contributed by atoms with E-state index < -0.39 is 12.0 Å². The molecule has 4 N–H and O–H groups in total.